The van der Waals surface area contributed by atoms with E-state index in [9.17, 15) is 9.90 Å². The van der Waals surface area contributed by atoms with E-state index in [1.165, 1.54) is 11.1 Å². The van der Waals surface area contributed by atoms with Crippen molar-refractivity contribution in [2.24, 2.45) is 0 Å². The number of fused-ring (bicyclic) bond motifs is 1. The van der Waals surface area contributed by atoms with E-state index < -0.39 is 5.97 Å². The summed E-state index contributed by atoms with van der Waals surface area (Å²) in [6.07, 6.45) is 3.30. The molecule has 1 N–H and O–H groups in total. The lowest BCUT2D eigenvalue weighted by Crippen LogP contribution is -2.42. The molecular weight excluding hydrogens is 506 g/mol. The van der Waals surface area contributed by atoms with Gasteiger partial charge in [-0.1, -0.05) is 41.6 Å². The van der Waals surface area contributed by atoms with Gasteiger partial charge in [0.05, 0.1) is 5.69 Å². The molecule has 4 aromatic rings. The SMILES string of the molecule is Cc1cccc(-c2cccc(-c3onc(C(=O)O)c3C)n2)c1OCc1ccc2c(c1)CCN(C1CCOCC1)C2. The monoisotopic (exact) mass is 539 g/mol. The Morgan fingerprint density at radius 3 is 2.65 bits per heavy atom. The lowest BCUT2D eigenvalue weighted by molar-refractivity contribution is 0.0290. The lowest BCUT2D eigenvalue weighted by atomic mass is 9.95. The zero-order chi connectivity index (χ0) is 27.6. The van der Waals surface area contributed by atoms with Gasteiger partial charge >= 0.3 is 5.97 Å². The summed E-state index contributed by atoms with van der Waals surface area (Å²) < 4.78 is 17.3. The molecule has 1 saturated heterocycles. The first-order valence-electron chi connectivity index (χ1n) is 13.8. The second-order valence-corrected chi connectivity index (χ2v) is 10.6. The van der Waals surface area contributed by atoms with Crippen molar-refractivity contribution in [1.82, 2.24) is 15.0 Å². The van der Waals surface area contributed by atoms with Crippen LogP contribution in [0.2, 0.25) is 0 Å². The van der Waals surface area contributed by atoms with Crippen molar-refractivity contribution in [3.05, 3.63) is 88.1 Å². The van der Waals surface area contributed by atoms with E-state index in [4.69, 9.17) is 19.0 Å². The van der Waals surface area contributed by atoms with Crippen molar-refractivity contribution < 1.29 is 23.9 Å². The Labute approximate surface area is 233 Å². The number of aromatic nitrogens is 2. The van der Waals surface area contributed by atoms with Gasteiger partial charge in [-0.2, -0.15) is 0 Å². The number of aromatic carboxylic acids is 1. The van der Waals surface area contributed by atoms with Gasteiger partial charge in [-0.3, -0.25) is 4.90 Å². The molecule has 206 valence electrons. The van der Waals surface area contributed by atoms with Crippen molar-refractivity contribution in [3.8, 4) is 28.5 Å². The van der Waals surface area contributed by atoms with Crippen molar-refractivity contribution >= 4 is 5.97 Å². The third kappa shape index (κ3) is 5.24. The van der Waals surface area contributed by atoms with Crippen LogP contribution in [0.25, 0.3) is 22.7 Å². The zero-order valence-electron chi connectivity index (χ0n) is 22.9. The Balaban J connectivity index is 1.21. The van der Waals surface area contributed by atoms with E-state index in [0.717, 1.165) is 68.0 Å². The molecular formula is C32H33N3O5. The minimum absolute atomic E-state index is 0.108. The van der Waals surface area contributed by atoms with E-state index in [1.807, 2.05) is 37.3 Å². The number of nitrogens with zero attached hydrogens (tertiary/aromatic N) is 3. The predicted molar refractivity (Wildman–Crippen MR) is 150 cm³/mol. The topological polar surface area (TPSA) is 97.9 Å². The smallest absolute Gasteiger partial charge is 0.358 e. The molecule has 0 spiro atoms. The normalized spacial score (nSPS) is 16.1. The maximum Gasteiger partial charge on any atom is 0.358 e. The molecule has 1 fully saturated rings. The van der Waals surface area contributed by atoms with Crippen molar-refractivity contribution in [2.75, 3.05) is 19.8 Å². The molecule has 0 atom stereocenters. The van der Waals surface area contributed by atoms with Gasteiger partial charge in [-0.25, -0.2) is 9.78 Å². The Hall–Kier alpha value is -4.01. The fraction of sp³-hybridized carbons (Fsp3) is 0.344. The van der Waals surface area contributed by atoms with Crippen LogP contribution in [0.15, 0.2) is 59.1 Å². The first-order valence-corrected chi connectivity index (χ1v) is 13.8. The van der Waals surface area contributed by atoms with Crippen LogP contribution in [-0.4, -0.2) is 51.9 Å². The van der Waals surface area contributed by atoms with Crippen molar-refractivity contribution in [2.45, 2.75) is 52.3 Å². The quantitative estimate of drug-likeness (QED) is 0.313. The summed E-state index contributed by atoms with van der Waals surface area (Å²) in [4.78, 5) is 18.8. The number of pyridine rings is 1. The van der Waals surface area contributed by atoms with Gasteiger partial charge < -0.3 is 19.1 Å². The average Bonchev–Trinajstić information content (AvgIpc) is 3.38. The molecule has 2 aliphatic rings. The first-order chi connectivity index (χ1) is 19.5. The van der Waals surface area contributed by atoms with Gasteiger partial charge in [-0.05, 0) is 73.6 Å². The fourth-order valence-electron chi connectivity index (χ4n) is 5.77. The summed E-state index contributed by atoms with van der Waals surface area (Å²) in [7, 11) is 0. The van der Waals surface area contributed by atoms with Gasteiger partial charge in [-0.15, -0.1) is 0 Å². The average molecular weight is 540 g/mol. The maximum atomic E-state index is 11.4. The van der Waals surface area contributed by atoms with Crippen molar-refractivity contribution in [3.63, 3.8) is 0 Å². The van der Waals surface area contributed by atoms with Crippen LogP contribution in [0.3, 0.4) is 0 Å². The molecule has 2 aromatic carbocycles. The van der Waals surface area contributed by atoms with Crippen LogP contribution in [0.5, 0.6) is 5.75 Å². The molecule has 4 heterocycles. The second kappa shape index (κ2) is 11.2. The molecule has 0 radical (unpaired) electrons. The van der Waals surface area contributed by atoms with Crippen LogP contribution in [-0.2, 0) is 24.3 Å². The van der Waals surface area contributed by atoms with Gasteiger partial charge in [0.25, 0.3) is 0 Å². The van der Waals surface area contributed by atoms with Gasteiger partial charge in [0.2, 0.25) is 0 Å². The molecule has 0 amide bonds. The number of para-hydroxylation sites is 1. The molecule has 6 rings (SSSR count). The Kier molecular flexibility index (Phi) is 7.36. The highest BCUT2D eigenvalue weighted by Crippen LogP contribution is 2.35. The number of hydrogen-bond acceptors (Lipinski definition) is 7. The summed E-state index contributed by atoms with van der Waals surface area (Å²) in [5.74, 6) is -0.00764. The van der Waals surface area contributed by atoms with Gasteiger partial charge in [0.15, 0.2) is 11.5 Å². The summed E-state index contributed by atoms with van der Waals surface area (Å²) >= 11 is 0. The number of carboxylic acid groups (broad SMARTS) is 1. The number of carboxylic acids is 1. The van der Waals surface area contributed by atoms with Gasteiger partial charge in [0.1, 0.15) is 18.1 Å². The number of aryl methyl sites for hydroxylation is 1. The number of benzene rings is 2. The molecule has 40 heavy (non-hydrogen) atoms. The molecule has 0 bridgehead atoms. The highest BCUT2D eigenvalue weighted by molar-refractivity contribution is 5.88. The summed E-state index contributed by atoms with van der Waals surface area (Å²) in [5.41, 5.74) is 7.41. The third-order valence-electron chi connectivity index (χ3n) is 8.00. The number of ether oxygens (including phenoxy) is 2. The first kappa shape index (κ1) is 26.2. The minimum atomic E-state index is -1.13. The number of hydrogen-bond donors (Lipinski definition) is 1. The minimum Gasteiger partial charge on any atom is -0.488 e. The summed E-state index contributed by atoms with van der Waals surface area (Å²) in [6.45, 7) is 7.99. The molecule has 8 heteroatoms. The van der Waals surface area contributed by atoms with Crippen molar-refractivity contribution in [1.29, 1.82) is 0 Å². The highest BCUT2D eigenvalue weighted by Gasteiger charge is 2.25. The van der Waals surface area contributed by atoms with E-state index in [2.05, 4.69) is 28.3 Å². The Morgan fingerprint density at radius 1 is 1.05 bits per heavy atom. The second-order valence-electron chi connectivity index (χ2n) is 10.6. The van der Waals surface area contributed by atoms with Crippen LogP contribution in [0.1, 0.15) is 51.1 Å². The highest BCUT2D eigenvalue weighted by atomic mass is 16.5. The number of carbonyl (C=O) groups is 1. The van der Waals surface area contributed by atoms with E-state index >= 15 is 0 Å². The fourth-order valence-corrected chi connectivity index (χ4v) is 5.77. The van der Waals surface area contributed by atoms with E-state index in [0.29, 0.717) is 35.4 Å². The molecule has 2 aliphatic heterocycles. The van der Waals surface area contributed by atoms with E-state index in [1.54, 1.807) is 13.0 Å². The Morgan fingerprint density at radius 2 is 1.85 bits per heavy atom. The summed E-state index contributed by atoms with van der Waals surface area (Å²) in [5, 5.41) is 13.0. The van der Waals surface area contributed by atoms with Crippen LogP contribution < -0.4 is 4.74 Å². The molecule has 8 nitrogen and oxygen atoms in total. The molecule has 0 aliphatic carbocycles. The lowest BCUT2D eigenvalue weighted by Gasteiger charge is -2.37. The molecule has 2 aromatic heterocycles. The summed E-state index contributed by atoms with van der Waals surface area (Å²) in [6, 6.07) is 18.9. The molecule has 0 saturated carbocycles. The van der Waals surface area contributed by atoms with Gasteiger partial charge in [0, 0.05) is 43.5 Å². The largest absolute Gasteiger partial charge is 0.488 e. The van der Waals surface area contributed by atoms with Crippen LogP contribution in [0.4, 0.5) is 0 Å². The van der Waals surface area contributed by atoms with Crippen LogP contribution in [0, 0.1) is 13.8 Å². The predicted octanol–water partition coefficient (Wildman–Crippen LogP) is 5.83. The third-order valence-corrected chi connectivity index (χ3v) is 8.00. The van der Waals surface area contributed by atoms with Crippen LogP contribution >= 0.6 is 0 Å². The van der Waals surface area contributed by atoms with E-state index in [-0.39, 0.29) is 5.69 Å². The standard InChI is InChI=1S/C32H33N3O5/c1-20-5-3-6-26(27-7-4-8-28(33-27)31-21(2)29(32(36)37)34-40-31)30(20)39-19-22-9-10-24-18-35(14-11-23(24)17-22)25-12-15-38-16-13-25/h3-10,17,25H,11-16,18-19H2,1-2H3,(H,36,37). The number of rotatable bonds is 7. The Bertz CT molecular complexity index is 1540. The molecule has 0 unspecified atom stereocenters. The zero-order valence-corrected chi connectivity index (χ0v) is 22.9. The maximum absolute atomic E-state index is 11.4.